The molecule has 1 heterocycles. The summed E-state index contributed by atoms with van der Waals surface area (Å²) < 4.78 is 0. The van der Waals surface area contributed by atoms with E-state index in [1.165, 1.54) is 77.3 Å². The normalized spacial score (nSPS) is 17.4. The highest BCUT2D eigenvalue weighted by atomic mass is 15.2. The first-order chi connectivity index (χ1) is 7.88. The molecule has 0 aliphatic carbocycles. The zero-order valence-corrected chi connectivity index (χ0v) is 11.5. The van der Waals surface area contributed by atoms with Crippen LogP contribution in [-0.2, 0) is 0 Å². The second-order valence-electron chi connectivity index (χ2n) is 5.39. The van der Waals surface area contributed by atoms with Gasteiger partial charge in [-0.3, -0.25) is 0 Å². The summed E-state index contributed by atoms with van der Waals surface area (Å²) in [6.45, 7) is 7.37. The van der Waals surface area contributed by atoms with Crippen LogP contribution in [-0.4, -0.2) is 24.0 Å². The van der Waals surface area contributed by atoms with Crippen molar-refractivity contribution >= 4 is 0 Å². The van der Waals surface area contributed by atoms with Crippen molar-refractivity contribution in [3.63, 3.8) is 0 Å². The Morgan fingerprint density at radius 2 is 1.31 bits per heavy atom. The fraction of sp³-hybridized carbons (Fsp3) is 1.00. The molecule has 0 atom stereocenters. The van der Waals surface area contributed by atoms with Crippen LogP contribution in [0.4, 0.5) is 0 Å². The van der Waals surface area contributed by atoms with Gasteiger partial charge in [0.25, 0.3) is 0 Å². The van der Waals surface area contributed by atoms with Crippen molar-refractivity contribution < 1.29 is 0 Å². The van der Waals surface area contributed by atoms with Gasteiger partial charge in [0, 0.05) is 6.04 Å². The van der Waals surface area contributed by atoms with E-state index in [2.05, 4.69) is 18.7 Å². The Balaban J connectivity index is 2.22. The minimum Gasteiger partial charge on any atom is -0.300 e. The molecule has 1 nitrogen and oxygen atoms in total. The number of rotatable bonds is 9. The largest absolute Gasteiger partial charge is 0.300 e. The van der Waals surface area contributed by atoms with Gasteiger partial charge in [-0.25, -0.2) is 0 Å². The van der Waals surface area contributed by atoms with Gasteiger partial charge in [-0.05, 0) is 38.8 Å². The monoisotopic (exact) mass is 225 g/mol. The van der Waals surface area contributed by atoms with E-state index in [1.807, 2.05) is 0 Å². The van der Waals surface area contributed by atoms with Crippen molar-refractivity contribution in [3.05, 3.63) is 0 Å². The lowest BCUT2D eigenvalue weighted by Gasteiger charge is -2.27. The van der Waals surface area contributed by atoms with Crippen LogP contribution in [0.25, 0.3) is 0 Å². The highest BCUT2D eigenvalue weighted by Crippen LogP contribution is 2.21. The van der Waals surface area contributed by atoms with Crippen LogP contribution in [0.5, 0.6) is 0 Å². The van der Waals surface area contributed by atoms with Crippen LogP contribution in [0.1, 0.15) is 78.1 Å². The van der Waals surface area contributed by atoms with Gasteiger partial charge in [-0.1, -0.05) is 52.4 Å². The molecule has 1 rings (SSSR count). The molecule has 0 aromatic rings. The Hall–Kier alpha value is -0.0400. The molecule has 1 aliphatic heterocycles. The molecule has 0 bridgehead atoms. The van der Waals surface area contributed by atoms with Gasteiger partial charge < -0.3 is 4.90 Å². The van der Waals surface area contributed by atoms with Crippen LogP contribution < -0.4 is 0 Å². The standard InChI is InChI=1S/C15H31N/c1-3-5-7-11-15(12-8-6-4-2)16-13-9-10-14-16/h15H,3-14H2,1-2H3. The summed E-state index contributed by atoms with van der Waals surface area (Å²) >= 11 is 0. The summed E-state index contributed by atoms with van der Waals surface area (Å²) in [7, 11) is 0. The van der Waals surface area contributed by atoms with Gasteiger partial charge in [0.15, 0.2) is 0 Å². The van der Waals surface area contributed by atoms with E-state index in [4.69, 9.17) is 0 Å². The molecule has 0 unspecified atom stereocenters. The van der Waals surface area contributed by atoms with E-state index in [0.717, 1.165) is 6.04 Å². The van der Waals surface area contributed by atoms with Crippen LogP contribution in [0.2, 0.25) is 0 Å². The Morgan fingerprint density at radius 1 is 0.812 bits per heavy atom. The first-order valence-electron chi connectivity index (χ1n) is 7.62. The Morgan fingerprint density at radius 3 is 1.75 bits per heavy atom. The van der Waals surface area contributed by atoms with Gasteiger partial charge in [0.2, 0.25) is 0 Å². The van der Waals surface area contributed by atoms with Crippen molar-refractivity contribution in [2.45, 2.75) is 84.1 Å². The number of unbranched alkanes of at least 4 members (excludes halogenated alkanes) is 4. The van der Waals surface area contributed by atoms with Crippen molar-refractivity contribution in [3.8, 4) is 0 Å². The van der Waals surface area contributed by atoms with Crippen LogP contribution in [0, 0.1) is 0 Å². The fourth-order valence-electron chi connectivity index (χ4n) is 2.88. The molecule has 1 saturated heterocycles. The van der Waals surface area contributed by atoms with Crippen molar-refractivity contribution in [2.24, 2.45) is 0 Å². The first kappa shape index (κ1) is 14.0. The van der Waals surface area contributed by atoms with Crippen LogP contribution in [0.3, 0.4) is 0 Å². The molecule has 0 amide bonds. The van der Waals surface area contributed by atoms with E-state index in [0.29, 0.717) is 0 Å². The van der Waals surface area contributed by atoms with E-state index >= 15 is 0 Å². The van der Waals surface area contributed by atoms with Gasteiger partial charge in [0.1, 0.15) is 0 Å². The van der Waals surface area contributed by atoms with Crippen LogP contribution in [0.15, 0.2) is 0 Å². The minimum atomic E-state index is 0.917. The third kappa shape index (κ3) is 5.34. The van der Waals surface area contributed by atoms with Gasteiger partial charge in [-0.2, -0.15) is 0 Å². The average Bonchev–Trinajstić information content (AvgIpc) is 2.81. The molecule has 0 radical (unpaired) electrons. The molecule has 0 aromatic heterocycles. The summed E-state index contributed by atoms with van der Waals surface area (Å²) in [5.41, 5.74) is 0. The molecule has 0 aromatic carbocycles. The second kappa shape index (κ2) is 9.04. The lowest BCUT2D eigenvalue weighted by atomic mass is 10.0. The van der Waals surface area contributed by atoms with Crippen molar-refractivity contribution in [2.75, 3.05) is 13.1 Å². The summed E-state index contributed by atoms with van der Waals surface area (Å²) in [4.78, 5) is 2.77. The van der Waals surface area contributed by atoms with Gasteiger partial charge in [-0.15, -0.1) is 0 Å². The molecular formula is C15H31N. The quantitative estimate of drug-likeness (QED) is 0.518. The first-order valence-corrected chi connectivity index (χ1v) is 7.62. The third-order valence-corrected chi connectivity index (χ3v) is 3.94. The number of hydrogen-bond donors (Lipinski definition) is 0. The predicted molar refractivity (Wildman–Crippen MR) is 72.9 cm³/mol. The molecule has 96 valence electrons. The zero-order valence-electron chi connectivity index (χ0n) is 11.5. The maximum atomic E-state index is 2.77. The summed E-state index contributed by atoms with van der Waals surface area (Å²) in [6, 6.07) is 0.917. The molecular weight excluding hydrogens is 194 g/mol. The Labute approximate surface area is 103 Å². The molecule has 1 heteroatoms. The topological polar surface area (TPSA) is 3.24 Å². The summed E-state index contributed by atoms with van der Waals surface area (Å²) in [6.07, 6.45) is 14.3. The van der Waals surface area contributed by atoms with Crippen LogP contribution >= 0.6 is 0 Å². The molecule has 16 heavy (non-hydrogen) atoms. The fourth-order valence-corrected chi connectivity index (χ4v) is 2.88. The number of nitrogens with zero attached hydrogens (tertiary/aromatic N) is 1. The minimum absolute atomic E-state index is 0.917. The third-order valence-electron chi connectivity index (χ3n) is 3.94. The van der Waals surface area contributed by atoms with E-state index in [1.54, 1.807) is 0 Å². The highest BCUT2D eigenvalue weighted by Gasteiger charge is 2.20. The van der Waals surface area contributed by atoms with Crippen molar-refractivity contribution in [1.82, 2.24) is 4.90 Å². The maximum Gasteiger partial charge on any atom is 0.00952 e. The Bertz CT molecular complexity index is 140. The second-order valence-corrected chi connectivity index (χ2v) is 5.39. The predicted octanol–water partition coefficient (Wildman–Crippen LogP) is 4.61. The average molecular weight is 225 g/mol. The zero-order chi connectivity index (χ0) is 11.6. The number of hydrogen-bond acceptors (Lipinski definition) is 1. The highest BCUT2D eigenvalue weighted by molar-refractivity contribution is 4.76. The Kier molecular flexibility index (Phi) is 7.92. The molecule has 0 N–H and O–H groups in total. The van der Waals surface area contributed by atoms with Gasteiger partial charge in [0.05, 0.1) is 0 Å². The molecule has 0 saturated carbocycles. The van der Waals surface area contributed by atoms with E-state index in [9.17, 15) is 0 Å². The SMILES string of the molecule is CCCCCC(CCCCC)N1CCCC1. The van der Waals surface area contributed by atoms with Gasteiger partial charge >= 0.3 is 0 Å². The lowest BCUT2D eigenvalue weighted by molar-refractivity contribution is 0.210. The van der Waals surface area contributed by atoms with E-state index in [-0.39, 0.29) is 0 Å². The molecule has 1 aliphatic rings. The van der Waals surface area contributed by atoms with E-state index < -0.39 is 0 Å². The summed E-state index contributed by atoms with van der Waals surface area (Å²) in [5, 5.41) is 0. The molecule has 1 fully saturated rings. The number of likely N-dealkylation sites (tertiary alicyclic amines) is 1. The smallest absolute Gasteiger partial charge is 0.00952 e. The molecule has 0 spiro atoms. The van der Waals surface area contributed by atoms with Crippen molar-refractivity contribution in [1.29, 1.82) is 0 Å². The lowest BCUT2D eigenvalue weighted by Crippen LogP contribution is -2.32. The maximum absolute atomic E-state index is 2.77. The summed E-state index contributed by atoms with van der Waals surface area (Å²) in [5.74, 6) is 0.